The van der Waals surface area contributed by atoms with Crippen LogP contribution in [0.5, 0.6) is 0 Å². The Hall–Kier alpha value is -3.66. The molecule has 1 amide bonds. The molecule has 0 radical (unpaired) electrons. The second kappa shape index (κ2) is 7.07. The van der Waals surface area contributed by atoms with Crippen molar-refractivity contribution in [3.05, 3.63) is 80.5 Å². The summed E-state index contributed by atoms with van der Waals surface area (Å²) in [5.74, 6) is -0.717. The summed E-state index contributed by atoms with van der Waals surface area (Å²) in [6, 6.07) is 12.2. The zero-order chi connectivity index (χ0) is 18.7. The molecule has 3 rings (SSSR count). The molecule has 2 aromatic carbocycles. The zero-order valence-corrected chi connectivity index (χ0v) is 13.8. The number of amides is 1. The molecule has 1 heterocycles. The van der Waals surface area contributed by atoms with E-state index in [1.165, 1.54) is 11.3 Å². The summed E-state index contributed by atoms with van der Waals surface area (Å²) < 4.78 is 0. The summed E-state index contributed by atoms with van der Waals surface area (Å²) in [5, 5.41) is 24.6. The number of hydrogen-bond donors (Lipinski definition) is 1. The quantitative estimate of drug-likeness (QED) is 0.536. The molecule has 9 nitrogen and oxygen atoms in total. The predicted octanol–water partition coefficient (Wildman–Crippen LogP) is 3.88. The minimum Gasteiger partial charge on any atom is -0.298 e. The zero-order valence-electron chi connectivity index (χ0n) is 13.0. The molecular weight excluding hydrogens is 360 g/mol. The van der Waals surface area contributed by atoms with E-state index in [0.29, 0.717) is 0 Å². The lowest BCUT2D eigenvalue weighted by atomic mass is 10.1. The maximum atomic E-state index is 12.3. The number of non-ortho nitro benzene ring substituents is 2. The smallest absolute Gasteiger partial charge is 0.277 e. The molecule has 0 unspecified atom stereocenters. The molecule has 0 aliphatic carbocycles. The van der Waals surface area contributed by atoms with Gasteiger partial charge in [0.15, 0.2) is 5.13 Å². The highest BCUT2D eigenvalue weighted by molar-refractivity contribution is 7.19. The maximum Gasteiger partial charge on any atom is 0.277 e. The highest BCUT2D eigenvalue weighted by atomic mass is 32.1. The number of nitro groups is 2. The van der Waals surface area contributed by atoms with E-state index in [1.807, 2.05) is 30.3 Å². The molecule has 0 saturated heterocycles. The molecule has 0 aliphatic heterocycles. The van der Waals surface area contributed by atoms with Gasteiger partial charge in [0, 0.05) is 18.3 Å². The molecule has 0 saturated carbocycles. The lowest BCUT2D eigenvalue weighted by Gasteiger charge is -2.02. The van der Waals surface area contributed by atoms with Gasteiger partial charge in [0.25, 0.3) is 17.3 Å². The number of aromatic nitrogens is 1. The number of carbonyl (C=O) groups is 1. The summed E-state index contributed by atoms with van der Waals surface area (Å²) in [7, 11) is 0. The van der Waals surface area contributed by atoms with Crippen molar-refractivity contribution in [2.24, 2.45) is 0 Å². The molecular formula is C16H10N4O5S. The summed E-state index contributed by atoms with van der Waals surface area (Å²) in [6.45, 7) is 0. The molecule has 0 spiro atoms. The third-order valence-electron chi connectivity index (χ3n) is 3.37. The minimum absolute atomic E-state index is 0.192. The number of carbonyl (C=O) groups excluding carboxylic acids is 1. The first-order valence-corrected chi connectivity index (χ1v) is 8.02. The number of rotatable bonds is 5. The van der Waals surface area contributed by atoms with Crippen molar-refractivity contribution in [2.75, 3.05) is 5.32 Å². The number of anilines is 1. The molecule has 3 aromatic rings. The van der Waals surface area contributed by atoms with Gasteiger partial charge in [-0.1, -0.05) is 41.7 Å². The SMILES string of the molecule is O=C(Nc1ncc(-c2ccccc2)s1)c1cc([N+](=O)[O-])cc([N+](=O)[O-])c1. The fourth-order valence-corrected chi connectivity index (χ4v) is 2.99. The van der Waals surface area contributed by atoms with Crippen molar-refractivity contribution in [1.82, 2.24) is 4.98 Å². The van der Waals surface area contributed by atoms with E-state index in [-0.39, 0.29) is 10.7 Å². The normalized spacial score (nSPS) is 10.3. The van der Waals surface area contributed by atoms with Gasteiger partial charge in [-0.05, 0) is 5.56 Å². The van der Waals surface area contributed by atoms with Crippen molar-refractivity contribution < 1.29 is 14.6 Å². The van der Waals surface area contributed by atoms with Crippen LogP contribution in [-0.4, -0.2) is 20.7 Å². The monoisotopic (exact) mass is 370 g/mol. The van der Waals surface area contributed by atoms with Crippen molar-refractivity contribution in [1.29, 1.82) is 0 Å². The Balaban J connectivity index is 1.85. The van der Waals surface area contributed by atoms with E-state index in [2.05, 4.69) is 10.3 Å². The highest BCUT2D eigenvalue weighted by Crippen LogP contribution is 2.29. The van der Waals surface area contributed by atoms with Crippen molar-refractivity contribution in [3.8, 4) is 10.4 Å². The first-order chi connectivity index (χ1) is 12.4. The molecule has 0 bridgehead atoms. The molecule has 10 heteroatoms. The van der Waals surface area contributed by atoms with E-state index in [4.69, 9.17) is 0 Å². The standard InChI is InChI=1S/C16H10N4O5S/c21-15(11-6-12(19(22)23)8-13(7-11)20(24)25)18-16-17-9-14(26-16)10-4-2-1-3-5-10/h1-9H,(H,17,18,21). The van der Waals surface area contributed by atoms with E-state index < -0.39 is 27.1 Å². The van der Waals surface area contributed by atoms with Crippen LogP contribution < -0.4 is 5.32 Å². The van der Waals surface area contributed by atoms with E-state index in [1.54, 1.807) is 6.20 Å². The van der Waals surface area contributed by atoms with Crippen LogP contribution in [0, 0.1) is 20.2 Å². The van der Waals surface area contributed by atoms with Crippen LogP contribution in [0.4, 0.5) is 16.5 Å². The van der Waals surface area contributed by atoms with Gasteiger partial charge in [0.1, 0.15) is 0 Å². The van der Waals surface area contributed by atoms with Crippen molar-refractivity contribution in [3.63, 3.8) is 0 Å². The molecule has 1 aromatic heterocycles. The maximum absolute atomic E-state index is 12.3. The van der Waals surface area contributed by atoms with Crippen LogP contribution in [-0.2, 0) is 0 Å². The molecule has 0 aliphatic rings. The Kier molecular flexibility index (Phi) is 4.67. The van der Waals surface area contributed by atoms with Crippen LogP contribution in [0.1, 0.15) is 10.4 Å². The van der Waals surface area contributed by atoms with Crippen molar-refractivity contribution in [2.45, 2.75) is 0 Å². The fraction of sp³-hybridized carbons (Fsp3) is 0. The Bertz CT molecular complexity index is 971. The number of nitrogens with zero attached hydrogens (tertiary/aromatic N) is 3. The van der Waals surface area contributed by atoms with Gasteiger partial charge in [-0.3, -0.25) is 30.3 Å². The second-order valence-corrected chi connectivity index (χ2v) is 6.13. The largest absolute Gasteiger partial charge is 0.298 e. The van der Waals surface area contributed by atoms with Crippen LogP contribution in [0.2, 0.25) is 0 Å². The summed E-state index contributed by atoms with van der Waals surface area (Å²) in [4.78, 5) is 37.5. The van der Waals surface area contributed by atoms with Gasteiger partial charge in [-0.2, -0.15) is 0 Å². The molecule has 0 fully saturated rings. The van der Waals surface area contributed by atoms with E-state index >= 15 is 0 Å². The number of thiazole rings is 1. The fourth-order valence-electron chi connectivity index (χ4n) is 2.17. The third-order valence-corrected chi connectivity index (χ3v) is 4.33. The van der Waals surface area contributed by atoms with Crippen LogP contribution >= 0.6 is 11.3 Å². The van der Waals surface area contributed by atoms with Gasteiger partial charge in [-0.15, -0.1) is 0 Å². The first kappa shape index (κ1) is 17.2. The Morgan fingerprint density at radius 1 is 1.00 bits per heavy atom. The lowest BCUT2D eigenvalue weighted by Crippen LogP contribution is -2.12. The lowest BCUT2D eigenvalue weighted by molar-refractivity contribution is -0.394. The van der Waals surface area contributed by atoms with Gasteiger partial charge >= 0.3 is 0 Å². The van der Waals surface area contributed by atoms with Crippen LogP contribution in [0.25, 0.3) is 10.4 Å². The van der Waals surface area contributed by atoms with Gasteiger partial charge < -0.3 is 0 Å². The highest BCUT2D eigenvalue weighted by Gasteiger charge is 2.20. The van der Waals surface area contributed by atoms with Gasteiger partial charge in [-0.25, -0.2) is 4.98 Å². The van der Waals surface area contributed by atoms with E-state index in [9.17, 15) is 25.0 Å². The van der Waals surface area contributed by atoms with E-state index in [0.717, 1.165) is 28.6 Å². The number of hydrogen-bond acceptors (Lipinski definition) is 7. The Morgan fingerprint density at radius 3 is 2.19 bits per heavy atom. The number of nitro benzene ring substituents is 2. The average Bonchev–Trinajstić information content (AvgIpc) is 3.10. The van der Waals surface area contributed by atoms with Crippen LogP contribution in [0.3, 0.4) is 0 Å². The number of nitrogens with one attached hydrogen (secondary N) is 1. The number of benzene rings is 2. The minimum atomic E-state index is -0.791. The molecule has 130 valence electrons. The Labute approximate surface area is 150 Å². The summed E-state index contributed by atoms with van der Waals surface area (Å²) in [5.41, 5.74) is -0.333. The molecule has 26 heavy (non-hydrogen) atoms. The first-order valence-electron chi connectivity index (χ1n) is 7.20. The Morgan fingerprint density at radius 2 is 1.62 bits per heavy atom. The molecule has 1 N–H and O–H groups in total. The summed E-state index contributed by atoms with van der Waals surface area (Å²) >= 11 is 1.22. The van der Waals surface area contributed by atoms with Crippen molar-refractivity contribution >= 4 is 33.8 Å². The van der Waals surface area contributed by atoms with Gasteiger partial charge in [0.2, 0.25) is 0 Å². The molecule has 0 atom stereocenters. The predicted molar refractivity (Wildman–Crippen MR) is 95.3 cm³/mol. The second-order valence-electron chi connectivity index (χ2n) is 5.10. The summed E-state index contributed by atoms with van der Waals surface area (Å²) in [6.07, 6.45) is 1.59. The topological polar surface area (TPSA) is 128 Å². The van der Waals surface area contributed by atoms with Gasteiger partial charge in [0.05, 0.1) is 26.4 Å². The third kappa shape index (κ3) is 3.70. The average molecular weight is 370 g/mol. The van der Waals surface area contributed by atoms with Crippen LogP contribution in [0.15, 0.2) is 54.7 Å².